The van der Waals surface area contributed by atoms with E-state index in [0.29, 0.717) is 18.8 Å². The van der Waals surface area contributed by atoms with E-state index in [1.807, 2.05) is 4.90 Å². The lowest BCUT2D eigenvalue weighted by Crippen LogP contribution is -2.51. The number of aliphatic hydroxyl groups is 1. The average molecular weight is 458 g/mol. The number of aromatic nitrogens is 4. The molecule has 1 aromatic carbocycles. The Bertz CT molecular complexity index is 1130. The zero-order valence-corrected chi connectivity index (χ0v) is 17.7. The van der Waals surface area contributed by atoms with Crippen molar-refractivity contribution in [2.45, 2.75) is 27.9 Å². The molecule has 164 valence electrons. The number of rotatable bonds is 6. The second kappa shape index (κ2) is 7.85. The number of anilines is 1. The lowest BCUT2D eigenvalue weighted by Gasteiger charge is -2.35. The van der Waals surface area contributed by atoms with E-state index in [4.69, 9.17) is 5.14 Å². The predicted molar refractivity (Wildman–Crippen MR) is 107 cm³/mol. The van der Waals surface area contributed by atoms with Crippen LogP contribution in [0.15, 0.2) is 21.9 Å². The molecule has 1 unspecified atom stereocenters. The number of primary sulfonamides is 1. The molecule has 1 atom stereocenters. The Morgan fingerprint density at radius 1 is 1.23 bits per heavy atom. The SMILES string of the molecule is NS(=O)(=O)c1c(S(=O)(=O)C2CNC2)ccc(N2CCCC(CO)C2)c1-c1nn[nH]n1. The highest BCUT2D eigenvalue weighted by Crippen LogP contribution is 2.40. The monoisotopic (exact) mass is 457 g/mol. The molecule has 14 heteroatoms. The van der Waals surface area contributed by atoms with Gasteiger partial charge in [0.05, 0.1) is 15.7 Å². The highest BCUT2D eigenvalue weighted by molar-refractivity contribution is 7.94. The van der Waals surface area contributed by atoms with Gasteiger partial charge in [-0.1, -0.05) is 0 Å². The summed E-state index contributed by atoms with van der Waals surface area (Å²) in [7, 11) is -8.43. The van der Waals surface area contributed by atoms with Crippen molar-refractivity contribution in [3.8, 4) is 11.4 Å². The first-order chi connectivity index (χ1) is 14.2. The maximum Gasteiger partial charge on any atom is 0.240 e. The number of sulfonamides is 1. The van der Waals surface area contributed by atoms with E-state index in [2.05, 4.69) is 25.9 Å². The normalized spacial score (nSPS) is 20.9. The van der Waals surface area contributed by atoms with Crippen molar-refractivity contribution in [1.29, 1.82) is 0 Å². The first-order valence-corrected chi connectivity index (χ1v) is 12.6. The minimum absolute atomic E-state index is 0.00167. The van der Waals surface area contributed by atoms with Crippen LogP contribution in [0.3, 0.4) is 0 Å². The molecule has 0 amide bonds. The zero-order valence-electron chi connectivity index (χ0n) is 16.0. The maximum atomic E-state index is 13.1. The molecule has 12 nitrogen and oxygen atoms in total. The molecule has 30 heavy (non-hydrogen) atoms. The van der Waals surface area contributed by atoms with E-state index in [1.54, 1.807) is 6.07 Å². The van der Waals surface area contributed by atoms with Crippen LogP contribution >= 0.6 is 0 Å². The van der Waals surface area contributed by atoms with Gasteiger partial charge in [0.1, 0.15) is 4.90 Å². The summed E-state index contributed by atoms with van der Waals surface area (Å²) in [6.07, 6.45) is 1.63. The lowest BCUT2D eigenvalue weighted by molar-refractivity contribution is 0.209. The third kappa shape index (κ3) is 3.69. The molecule has 0 radical (unpaired) electrons. The Labute approximate surface area is 173 Å². The van der Waals surface area contributed by atoms with Gasteiger partial charge in [-0.3, -0.25) is 0 Å². The fraction of sp³-hybridized carbons (Fsp3) is 0.562. The highest BCUT2D eigenvalue weighted by atomic mass is 32.2. The lowest BCUT2D eigenvalue weighted by atomic mass is 9.97. The Kier molecular flexibility index (Phi) is 5.52. The van der Waals surface area contributed by atoms with Gasteiger partial charge in [0.15, 0.2) is 9.84 Å². The van der Waals surface area contributed by atoms with Gasteiger partial charge >= 0.3 is 0 Å². The van der Waals surface area contributed by atoms with E-state index in [0.717, 1.165) is 12.8 Å². The van der Waals surface area contributed by atoms with Crippen molar-refractivity contribution >= 4 is 25.5 Å². The van der Waals surface area contributed by atoms with Crippen LogP contribution in [0.4, 0.5) is 5.69 Å². The van der Waals surface area contributed by atoms with Gasteiger partial charge in [-0.2, -0.15) is 5.21 Å². The molecule has 2 saturated heterocycles. The molecular weight excluding hydrogens is 434 g/mol. The van der Waals surface area contributed by atoms with Crippen LogP contribution in [0.5, 0.6) is 0 Å². The first-order valence-electron chi connectivity index (χ1n) is 9.47. The molecule has 0 spiro atoms. The maximum absolute atomic E-state index is 13.1. The summed E-state index contributed by atoms with van der Waals surface area (Å²) in [5, 5.41) is 30.8. The van der Waals surface area contributed by atoms with Crippen molar-refractivity contribution in [3.05, 3.63) is 12.1 Å². The summed E-state index contributed by atoms with van der Waals surface area (Å²) in [4.78, 5) is 1.00. The van der Waals surface area contributed by atoms with Crippen molar-refractivity contribution in [1.82, 2.24) is 25.9 Å². The Morgan fingerprint density at radius 2 is 2.00 bits per heavy atom. The van der Waals surface area contributed by atoms with Crippen LogP contribution in [0.25, 0.3) is 11.4 Å². The average Bonchev–Trinajstić information content (AvgIpc) is 3.19. The van der Waals surface area contributed by atoms with Gasteiger partial charge in [-0.15, -0.1) is 10.2 Å². The van der Waals surface area contributed by atoms with E-state index in [-0.39, 0.29) is 41.9 Å². The topological polar surface area (TPSA) is 184 Å². The first kappa shape index (κ1) is 21.1. The van der Waals surface area contributed by atoms with Crippen LogP contribution in [0.1, 0.15) is 12.8 Å². The molecule has 2 aromatic rings. The molecule has 2 aliphatic rings. The number of tetrazole rings is 1. The molecule has 0 saturated carbocycles. The zero-order chi connectivity index (χ0) is 21.5. The second-order valence-corrected chi connectivity index (χ2v) is 11.2. The Balaban J connectivity index is 1.97. The van der Waals surface area contributed by atoms with Gasteiger partial charge < -0.3 is 15.3 Å². The summed E-state index contributed by atoms with van der Waals surface area (Å²) in [6, 6.07) is 2.84. The number of piperidine rings is 1. The molecular formula is C16H23N7O5S2. The van der Waals surface area contributed by atoms with Crippen molar-refractivity contribution in [2.24, 2.45) is 11.1 Å². The molecule has 3 heterocycles. The number of hydrogen-bond donors (Lipinski definition) is 4. The molecule has 2 aliphatic heterocycles. The standard InChI is InChI=1S/C16H23N7O5S2/c17-30(27,28)15-13(29(25,26)11-6-18-7-11)4-3-12(14(15)16-19-21-22-20-16)23-5-1-2-10(8-23)9-24/h3-4,10-11,18,24H,1-2,5-9H2,(H2,17,27,28)(H,19,20,21,22). The Hall–Kier alpha value is -2.13. The fourth-order valence-electron chi connectivity index (χ4n) is 3.90. The highest BCUT2D eigenvalue weighted by Gasteiger charge is 2.39. The second-order valence-electron chi connectivity index (χ2n) is 7.53. The minimum Gasteiger partial charge on any atom is -0.396 e. The third-order valence-electron chi connectivity index (χ3n) is 5.56. The number of aliphatic hydroxyl groups excluding tert-OH is 1. The fourth-order valence-corrected chi connectivity index (χ4v) is 7.08. The van der Waals surface area contributed by atoms with Crippen molar-refractivity contribution in [2.75, 3.05) is 37.7 Å². The minimum atomic E-state index is -4.47. The number of nitrogens with zero attached hydrogens (tertiary/aromatic N) is 4. The van der Waals surface area contributed by atoms with Gasteiger partial charge in [-0.05, 0) is 36.1 Å². The predicted octanol–water partition coefficient (Wildman–Crippen LogP) is -1.53. The quantitative estimate of drug-likeness (QED) is 0.396. The van der Waals surface area contributed by atoms with Gasteiger partial charge in [0.25, 0.3) is 0 Å². The summed E-state index contributed by atoms with van der Waals surface area (Å²) in [5.74, 6) is -0.0526. The van der Waals surface area contributed by atoms with Crippen LogP contribution in [-0.4, -0.2) is 80.6 Å². The van der Waals surface area contributed by atoms with Crippen LogP contribution in [-0.2, 0) is 19.9 Å². The molecule has 0 aliphatic carbocycles. The van der Waals surface area contributed by atoms with E-state index in [9.17, 15) is 21.9 Å². The number of benzene rings is 1. The molecule has 1 aromatic heterocycles. The van der Waals surface area contributed by atoms with E-state index in [1.165, 1.54) is 6.07 Å². The summed E-state index contributed by atoms with van der Waals surface area (Å²) in [5.41, 5.74) is 0.433. The molecule has 5 N–H and O–H groups in total. The summed E-state index contributed by atoms with van der Waals surface area (Å²) in [6.45, 7) is 1.54. The van der Waals surface area contributed by atoms with E-state index < -0.39 is 30.0 Å². The van der Waals surface area contributed by atoms with Gasteiger partial charge in [0.2, 0.25) is 15.8 Å². The molecule has 2 fully saturated rings. The molecule has 0 bridgehead atoms. The Morgan fingerprint density at radius 3 is 2.57 bits per heavy atom. The summed E-state index contributed by atoms with van der Waals surface area (Å²) < 4.78 is 51.5. The number of aromatic amines is 1. The molecule has 4 rings (SSSR count). The number of H-pyrrole nitrogens is 1. The van der Waals surface area contributed by atoms with Crippen molar-refractivity contribution < 1.29 is 21.9 Å². The van der Waals surface area contributed by atoms with Crippen LogP contribution < -0.4 is 15.4 Å². The van der Waals surface area contributed by atoms with E-state index >= 15 is 0 Å². The smallest absolute Gasteiger partial charge is 0.240 e. The largest absolute Gasteiger partial charge is 0.396 e. The van der Waals surface area contributed by atoms with Gasteiger partial charge in [0, 0.05) is 38.5 Å². The number of sulfone groups is 1. The third-order valence-corrected chi connectivity index (χ3v) is 8.85. The summed E-state index contributed by atoms with van der Waals surface area (Å²) >= 11 is 0. The van der Waals surface area contributed by atoms with Crippen LogP contribution in [0.2, 0.25) is 0 Å². The van der Waals surface area contributed by atoms with Gasteiger partial charge in [-0.25, -0.2) is 22.0 Å². The number of nitrogens with two attached hydrogens (primary N) is 1. The van der Waals surface area contributed by atoms with Crippen LogP contribution in [0, 0.1) is 5.92 Å². The van der Waals surface area contributed by atoms with Crippen molar-refractivity contribution in [3.63, 3.8) is 0 Å². The number of nitrogens with one attached hydrogen (secondary N) is 2. The number of hydrogen-bond acceptors (Lipinski definition) is 10.